The quantitative estimate of drug-likeness (QED) is 0.839. The standard InChI is InChI=1S/C6H5BrF2O2/c7-5-2-1-4(11-5)6(8,9)3-10/h1-2,10H,3H2. The summed E-state index contributed by atoms with van der Waals surface area (Å²) in [5, 5.41) is 8.23. The summed E-state index contributed by atoms with van der Waals surface area (Å²) in [7, 11) is 0. The molecule has 0 radical (unpaired) electrons. The molecule has 5 heteroatoms. The van der Waals surface area contributed by atoms with Gasteiger partial charge in [0.05, 0.1) is 0 Å². The Morgan fingerprint density at radius 1 is 1.55 bits per heavy atom. The van der Waals surface area contributed by atoms with Crippen LogP contribution in [0.5, 0.6) is 0 Å². The second-order valence-corrected chi connectivity index (χ2v) is 2.75. The van der Waals surface area contributed by atoms with Crippen LogP contribution in [0.15, 0.2) is 21.2 Å². The van der Waals surface area contributed by atoms with Crippen molar-refractivity contribution in [3.05, 3.63) is 22.6 Å². The maximum absolute atomic E-state index is 12.5. The lowest BCUT2D eigenvalue weighted by atomic mass is 10.3. The van der Waals surface area contributed by atoms with Crippen LogP contribution in [0.25, 0.3) is 0 Å². The molecule has 2 nitrogen and oxygen atoms in total. The lowest BCUT2D eigenvalue weighted by Gasteiger charge is -2.08. The van der Waals surface area contributed by atoms with Crippen LogP contribution in [-0.2, 0) is 5.92 Å². The van der Waals surface area contributed by atoms with Gasteiger partial charge in [-0.05, 0) is 28.1 Å². The van der Waals surface area contributed by atoms with Gasteiger partial charge in [-0.1, -0.05) is 0 Å². The van der Waals surface area contributed by atoms with Gasteiger partial charge in [0.25, 0.3) is 0 Å². The van der Waals surface area contributed by atoms with Gasteiger partial charge in [0.15, 0.2) is 10.4 Å². The number of furan rings is 1. The van der Waals surface area contributed by atoms with Crippen LogP contribution in [0.3, 0.4) is 0 Å². The minimum Gasteiger partial charge on any atom is -0.448 e. The first kappa shape index (κ1) is 8.67. The molecular formula is C6H5BrF2O2. The molecule has 0 unspecified atom stereocenters. The van der Waals surface area contributed by atoms with E-state index in [1.54, 1.807) is 0 Å². The Bertz CT molecular complexity index is 246. The zero-order valence-electron chi connectivity index (χ0n) is 5.35. The molecule has 0 aromatic carbocycles. The first-order chi connectivity index (χ1) is 5.06. The number of hydrogen-bond donors (Lipinski definition) is 1. The first-order valence-electron chi connectivity index (χ1n) is 2.81. The topological polar surface area (TPSA) is 33.4 Å². The third-order valence-electron chi connectivity index (χ3n) is 1.13. The van der Waals surface area contributed by atoms with Crippen molar-refractivity contribution in [1.29, 1.82) is 0 Å². The second-order valence-electron chi connectivity index (χ2n) is 1.97. The molecular weight excluding hydrogens is 222 g/mol. The zero-order valence-corrected chi connectivity index (χ0v) is 6.94. The van der Waals surface area contributed by atoms with Gasteiger partial charge in [-0.2, -0.15) is 8.78 Å². The van der Waals surface area contributed by atoms with Crippen molar-refractivity contribution in [2.45, 2.75) is 5.92 Å². The Labute approximate surface area is 69.9 Å². The number of aliphatic hydroxyl groups is 1. The fourth-order valence-corrected chi connectivity index (χ4v) is 0.895. The van der Waals surface area contributed by atoms with E-state index in [2.05, 4.69) is 20.3 Å². The minimum absolute atomic E-state index is 0.223. The lowest BCUT2D eigenvalue weighted by Crippen LogP contribution is -2.17. The van der Waals surface area contributed by atoms with Crippen molar-refractivity contribution in [3.8, 4) is 0 Å². The number of hydrogen-bond acceptors (Lipinski definition) is 2. The molecule has 0 aliphatic rings. The summed E-state index contributed by atoms with van der Waals surface area (Å²) in [5.41, 5.74) is 0. The Kier molecular flexibility index (Phi) is 2.29. The number of halogens is 3. The summed E-state index contributed by atoms with van der Waals surface area (Å²) in [6.45, 7) is -1.24. The molecule has 1 heterocycles. The van der Waals surface area contributed by atoms with Crippen molar-refractivity contribution >= 4 is 15.9 Å². The summed E-state index contributed by atoms with van der Waals surface area (Å²) in [6.07, 6.45) is 0. The minimum atomic E-state index is -3.29. The molecule has 0 fully saturated rings. The van der Waals surface area contributed by atoms with E-state index in [1.807, 2.05) is 0 Å². The molecule has 1 rings (SSSR count). The summed E-state index contributed by atoms with van der Waals surface area (Å²) >= 11 is 2.87. The Morgan fingerprint density at radius 2 is 2.18 bits per heavy atom. The summed E-state index contributed by atoms with van der Waals surface area (Å²) in [4.78, 5) is 0. The third-order valence-corrected chi connectivity index (χ3v) is 1.56. The van der Waals surface area contributed by atoms with E-state index in [9.17, 15) is 8.78 Å². The normalized spacial score (nSPS) is 12.0. The number of alkyl halides is 2. The van der Waals surface area contributed by atoms with E-state index in [0.717, 1.165) is 6.07 Å². The monoisotopic (exact) mass is 226 g/mol. The Hall–Kier alpha value is -0.420. The fraction of sp³-hybridized carbons (Fsp3) is 0.333. The molecule has 0 bridgehead atoms. The Balaban J connectivity index is 2.92. The largest absolute Gasteiger partial charge is 0.448 e. The smallest absolute Gasteiger partial charge is 0.327 e. The first-order valence-corrected chi connectivity index (χ1v) is 3.60. The van der Waals surface area contributed by atoms with E-state index in [0.29, 0.717) is 0 Å². The zero-order chi connectivity index (χ0) is 8.48. The van der Waals surface area contributed by atoms with Gasteiger partial charge >= 0.3 is 5.92 Å². The van der Waals surface area contributed by atoms with Crippen molar-refractivity contribution < 1.29 is 18.3 Å². The van der Waals surface area contributed by atoms with Gasteiger partial charge in [0, 0.05) is 0 Å². The third kappa shape index (κ3) is 1.78. The van der Waals surface area contributed by atoms with Crippen LogP contribution in [0.4, 0.5) is 8.78 Å². The average molecular weight is 227 g/mol. The fourth-order valence-electron chi connectivity index (χ4n) is 0.589. The van der Waals surface area contributed by atoms with Gasteiger partial charge in [0.2, 0.25) is 0 Å². The van der Waals surface area contributed by atoms with E-state index < -0.39 is 18.3 Å². The molecule has 62 valence electrons. The molecule has 11 heavy (non-hydrogen) atoms. The van der Waals surface area contributed by atoms with E-state index in [1.165, 1.54) is 6.07 Å². The molecule has 0 spiro atoms. The molecule has 0 saturated carbocycles. The summed E-state index contributed by atoms with van der Waals surface area (Å²) in [6, 6.07) is 2.46. The number of aliphatic hydroxyl groups excluding tert-OH is 1. The van der Waals surface area contributed by atoms with Crippen LogP contribution in [-0.4, -0.2) is 11.7 Å². The summed E-state index contributed by atoms with van der Waals surface area (Å²) in [5.74, 6) is -3.82. The van der Waals surface area contributed by atoms with Crippen molar-refractivity contribution in [2.24, 2.45) is 0 Å². The van der Waals surface area contributed by atoms with Crippen molar-refractivity contribution in [1.82, 2.24) is 0 Å². The molecule has 0 aliphatic carbocycles. The van der Waals surface area contributed by atoms with Crippen LogP contribution >= 0.6 is 15.9 Å². The molecule has 0 aliphatic heterocycles. The van der Waals surface area contributed by atoms with Gasteiger partial charge in [-0.15, -0.1) is 0 Å². The van der Waals surface area contributed by atoms with Gasteiger partial charge in [-0.3, -0.25) is 0 Å². The van der Waals surface area contributed by atoms with Crippen LogP contribution < -0.4 is 0 Å². The van der Waals surface area contributed by atoms with E-state index in [4.69, 9.17) is 5.11 Å². The molecule has 0 amide bonds. The van der Waals surface area contributed by atoms with Crippen molar-refractivity contribution in [3.63, 3.8) is 0 Å². The molecule has 1 aromatic heterocycles. The maximum atomic E-state index is 12.5. The molecule has 0 atom stereocenters. The van der Waals surface area contributed by atoms with E-state index >= 15 is 0 Å². The van der Waals surface area contributed by atoms with Crippen LogP contribution in [0.2, 0.25) is 0 Å². The predicted molar refractivity (Wildman–Crippen MR) is 37.4 cm³/mol. The highest BCUT2D eigenvalue weighted by Crippen LogP contribution is 2.30. The molecule has 1 aromatic rings. The molecule has 1 N–H and O–H groups in total. The predicted octanol–water partition coefficient (Wildman–Crippen LogP) is 2.13. The highest BCUT2D eigenvalue weighted by Gasteiger charge is 2.34. The lowest BCUT2D eigenvalue weighted by molar-refractivity contribution is -0.0727. The van der Waals surface area contributed by atoms with Crippen LogP contribution in [0, 0.1) is 0 Å². The van der Waals surface area contributed by atoms with Gasteiger partial charge in [-0.25, -0.2) is 0 Å². The molecule has 0 saturated heterocycles. The second kappa shape index (κ2) is 2.91. The SMILES string of the molecule is OCC(F)(F)c1ccc(Br)o1. The highest BCUT2D eigenvalue weighted by molar-refractivity contribution is 9.10. The summed E-state index contributed by atoms with van der Waals surface area (Å²) < 4.78 is 29.8. The van der Waals surface area contributed by atoms with E-state index in [-0.39, 0.29) is 4.67 Å². The average Bonchev–Trinajstić information content (AvgIpc) is 2.36. The van der Waals surface area contributed by atoms with Gasteiger partial charge in [0.1, 0.15) is 6.61 Å². The highest BCUT2D eigenvalue weighted by atomic mass is 79.9. The van der Waals surface area contributed by atoms with Crippen molar-refractivity contribution in [2.75, 3.05) is 6.61 Å². The number of rotatable bonds is 2. The van der Waals surface area contributed by atoms with Gasteiger partial charge < -0.3 is 9.52 Å². The van der Waals surface area contributed by atoms with Crippen LogP contribution in [0.1, 0.15) is 5.76 Å². The Morgan fingerprint density at radius 3 is 2.55 bits per heavy atom. The maximum Gasteiger partial charge on any atom is 0.327 e.